The van der Waals surface area contributed by atoms with E-state index >= 15 is 0 Å². The minimum Gasteiger partial charge on any atom is -0.744 e. The van der Waals surface area contributed by atoms with Gasteiger partial charge in [0, 0.05) is 5.69 Å². The summed E-state index contributed by atoms with van der Waals surface area (Å²) in [5, 5.41) is 2.72. The molecule has 6 nitrogen and oxygen atoms in total. The summed E-state index contributed by atoms with van der Waals surface area (Å²) in [5.41, 5.74) is 2.27. The predicted octanol–water partition coefficient (Wildman–Crippen LogP) is 5.63. The Kier molecular flexibility index (Phi) is 7.66. The van der Waals surface area contributed by atoms with Gasteiger partial charge in [0.15, 0.2) is 0 Å². The Morgan fingerprint density at radius 1 is 1.03 bits per heavy atom. The van der Waals surface area contributed by atoms with Crippen molar-refractivity contribution in [3.8, 4) is 0 Å². The molecule has 0 bridgehead atoms. The Balaban J connectivity index is 2.03. The highest BCUT2D eigenvalue weighted by molar-refractivity contribution is 7.85. The van der Waals surface area contributed by atoms with Gasteiger partial charge in [-0.15, -0.1) is 0 Å². The van der Waals surface area contributed by atoms with Crippen LogP contribution in [0.5, 0.6) is 0 Å². The SMILES string of the molecule is CCC(CC(C)c1ccc(NC(=O)OC(C)(C)C)cc1)c1ccc(S(=O)(=O)[O-])cc1. The number of carbonyl (C=O) groups excluding carboxylic acids is 1. The van der Waals surface area contributed by atoms with E-state index in [4.69, 9.17) is 4.74 Å². The topological polar surface area (TPSA) is 95.5 Å². The van der Waals surface area contributed by atoms with E-state index < -0.39 is 21.8 Å². The van der Waals surface area contributed by atoms with Crippen LogP contribution >= 0.6 is 0 Å². The average Bonchev–Trinajstić information content (AvgIpc) is 2.64. The van der Waals surface area contributed by atoms with E-state index in [0.29, 0.717) is 5.69 Å². The summed E-state index contributed by atoms with van der Waals surface area (Å²) in [5.74, 6) is 0.497. The van der Waals surface area contributed by atoms with Gasteiger partial charge >= 0.3 is 6.09 Å². The van der Waals surface area contributed by atoms with Crippen LogP contribution in [0.15, 0.2) is 53.4 Å². The molecule has 30 heavy (non-hydrogen) atoms. The number of nitrogens with one attached hydrogen (secondary N) is 1. The fourth-order valence-corrected chi connectivity index (χ4v) is 3.79. The van der Waals surface area contributed by atoms with Gasteiger partial charge in [0.1, 0.15) is 15.7 Å². The fraction of sp³-hybridized carbons (Fsp3) is 0.435. The van der Waals surface area contributed by atoms with Crippen molar-refractivity contribution in [2.75, 3.05) is 5.32 Å². The largest absolute Gasteiger partial charge is 0.744 e. The first-order valence-electron chi connectivity index (χ1n) is 10.0. The first kappa shape index (κ1) is 23.9. The van der Waals surface area contributed by atoms with E-state index in [2.05, 4.69) is 19.2 Å². The van der Waals surface area contributed by atoms with Crippen LogP contribution in [0.1, 0.15) is 70.4 Å². The third-order valence-electron chi connectivity index (χ3n) is 4.90. The number of hydrogen-bond donors (Lipinski definition) is 1. The molecule has 0 radical (unpaired) electrons. The highest BCUT2D eigenvalue weighted by Gasteiger charge is 2.18. The van der Waals surface area contributed by atoms with Gasteiger partial charge in [0.25, 0.3) is 0 Å². The van der Waals surface area contributed by atoms with Gasteiger partial charge in [-0.05, 0) is 80.8 Å². The van der Waals surface area contributed by atoms with Crippen LogP contribution < -0.4 is 5.32 Å². The second kappa shape index (κ2) is 9.62. The number of carbonyl (C=O) groups is 1. The van der Waals surface area contributed by atoms with Crippen molar-refractivity contribution in [2.24, 2.45) is 0 Å². The molecule has 0 fully saturated rings. The summed E-state index contributed by atoms with van der Waals surface area (Å²) < 4.78 is 38.6. The summed E-state index contributed by atoms with van der Waals surface area (Å²) in [6, 6.07) is 13.9. The molecule has 0 aliphatic rings. The number of rotatable bonds is 7. The van der Waals surface area contributed by atoms with Crippen molar-refractivity contribution >= 4 is 21.9 Å². The molecule has 7 heteroatoms. The smallest absolute Gasteiger partial charge is 0.412 e. The van der Waals surface area contributed by atoms with E-state index in [1.54, 1.807) is 12.1 Å². The zero-order valence-corrected chi connectivity index (χ0v) is 19.0. The lowest BCUT2D eigenvalue weighted by molar-refractivity contribution is 0.0636. The quantitative estimate of drug-likeness (QED) is 0.573. The van der Waals surface area contributed by atoms with Crippen LogP contribution in [0.2, 0.25) is 0 Å². The summed E-state index contributed by atoms with van der Waals surface area (Å²) in [6.07, 6.45) is 1.28. The van der Waals surface area contributed by atoms with Gasteiger partial charge < -0.3 is 9.29 Å². The van der Waals surface area contributed by atoms with Crippen LogP contribution in [0.4, 0.5) is 10.5 Å². The van der Waals surface area contributed by atoms with E-state index in [1.807, 2.05) is 45.0 Å². The van der Waals surface area contributed by atoms with E-state index in [1.165, 1.54) is 12.1 Å². The van der Waals surface area contributed by atoms with Crippen molar-refractivity contribution in [1.29, 1.82) is 0 Å². The van der Waals surface area contributed by atoms with Crippen molar-refractivity contribution in [3.05, 3.63) is 59.7 Å². The van der Waals surface area contributed by atoms with Gasteiger partial charge in [-0.25, -0.2) is 13.2 Å². The van der Waals surface area contributed by atoms with E-state index in [-0.39, 0.29) is 16.7 Å². The lowest BCUT2D eigenvalue weighted by Gasteiger charge is -2.22. The first-order valence-corrected chi connectivity index (χ1v) is 11.5. The normalized spacial score (nSPS) is 14.1. The lowest BCUT2D eigenvalue weighted by Crippen LogP contribution is -2.27. The third kappa shape index (κ3) is 7.15. The predicted molar refractivity (Wildman–Crippen MR) is 117 cm³/mol. The molecular formula is C23H30NO5S-. The number of anilines is 1. The Hall–Kier alpha value is -2.38. The molecule has 164 valence electrons. The molecule has 2 rings (SSSR count). The summed E-state index contributed by atoms with van der Waals surface area (Å²) in [7, 11) is -4.43. The second-order valence-electron chi connectivity index (χ2n) is 8.51. The lowest BCUT2D eigenvalue weighted by atomic mass is 9.84. The maximum absolute atomic E-state index is 11.9. The highest BCUT2D eigenvalue weighted by atomic mass is 32.2. The third-order valence-corrected chi connectivity index (χ3v) is 5.75. The summed E-state index contributed by atoms with van der Waals surface area (Å²) in [4.78, 5) is 11.7. The van der Waals surface area contributed by atoms with Crippen LogP contribution in [0.25, 0.3) is 0 Å². The molecule has 2 atom stereocenters. The minimum atomic E-state index is -4.43. The van der Waals surface area contributed by atoms with Crippen molar-refractivity contribution in [2.45, 2.75) is 69.8 Å². The Bertz CT molecular complexity index is 945. The highest BCUT2D eigenvalue weighted by Crippen LogP contribution is 2.33. The number of ether oxygens (including phenoxy) is 1. The zero-order valence-electron chi connectivity index (χ0n) is 18.1. The first-order chi connectivity index (χ1) is 13.9. The molecule has 0 aliphatic carbocycles. The van der Waals surface area contributed by atoms with Gasteiger partial charge in [0.2, 0.25) is 0 Å². The number of benzene rings is 2. The standard InChI is InChI=1S/C23H31NO5S/c1-6-17(19-9-13-21(14-10-19)30(26,27)28)15-16(2)18-7-11-20(12-8-18)24-22(25)29-23(3,4)5/h7-14,16-17H,6,15H2,1-5H3,(H,24,25)(H,26,27,28)/p-1. The zero-order chi connectivity index (χ0) is 22.5. The second-order valence-corrected chi connectivity index (χ2v) is 9.89. The van der Waals surface area contributed by atoms with E-state index in [0.717, 1.165) is 24.0 Å². The molecule has 0 aromatic heterocycles. The Morgan fingerprint density at radius 3 is 2.03 bits per heavy atom. The number of hydrogen-bond acceptors (Lipinski definition) is 5. The van der Waals surface area contributed by atoms with Crippen LogP contribution in [0, 0.1) is 0 Å². The molecule has 0 saturated carbocycles. The van der Waals surface area contributed by atoms with Crippen LogP contribution in [0.3, 0.4) is 0 Å². The minimum absolute atomic E-state index is 0.206. The number of amides is 1. The molecule has 0 spiro atoms. The van der Waals surface area contributed by atoms with Gasteiger partial charge in [-0.2, -0.15) is 0 Å². The maximum Gasteiger partial charge on any atom is 0.412 e. The molecular weight excluding hydrogens is 402 g/mol. The van der Waals surface area contributed by atoms with Gasteiger partial charge in [-0.3, -0.25) is 5.32 Å². The van der Waals surface area contributed by atoms with E-state index in [9.17, 15) is 17.8 Å². The molecule has 1 amide bonds. The molecule has 2 unspecified atom stereocenters. The van der Waals surface area contributed by atoms with Crippen molar-refractivity contribution < 1.29 is 22.5 Å². The molecule has 0 aliphatic heterocycles. The fourth-order valence-electron chi connectivity index (χ4n) is 3.32. The van der Waals surface area contributed by atoms with Crippen LogP contribution in [-0.2, 0) is 14.9 Å². The van der Waals surface area contributed by atoms with Crippen molar-refractivity contribution in [3.63, 3.8) is 0 Å². The van der Waals surface area contributed by atoms with Gasteiger partial charge in [0.05, 0.1) is 4.90 Å². The van der Waals surface area contributed by atoms with Gasteiger partial charge in [-0.1, -0.05) is 38.1 Å². The van der Waals surface area contributed by atoms with Crippen LogP contribution in [-0.4, -0.2) is 24.7 Å². The van der Waals surface area contributed by atoms with Crippen molar-refractivity contribution in [1.82, 2.24) is 0 Å². The maximum atomic E-state index is 11.9. The molecule has 0 heterocycles. The molecule has 1 N–H and O–H groups in total. The molecule has 0 saturated heterocycles. The molecule has 2 aromatic rings. The molecule has 2 aromatic carbocycles. The average molecular weight is 433 g/mol. The summed E-state index contributed by atoms with van der Waals surface area (Å²) in [6.45, 7) is 9.66. The summed E-state index contributed by atoms with van der Waals surface area (Å²) >= 11 is 0. The Morgan fingerprint density at radius 2 is 1.57 bits per heavy atom. The monoisotopic (exact) mass is 432 g/mol. The Labute approximate surface area is 179 Å².